The molecule has 0 fully saturated rings. The van der Waals surface area contributed by atoms with Crippen LogP contribution in [0.4, 0.5) is 21.0 Å². The quantitative estimate of drug-likeness (QED) is 0.206. The number of aromatic nitrogens is 2. The molecule has 0 aliphatic rings. The van der Waals surface area contributed by atoms with Crippen LogP contribution in [0.1, 0.15) is 39.6 Å². The van der Waals surface area contributed by atoms with Crippen molar-refractivity contribution in [2.75, 3.05) is 10.6 Å². The Morgan fingerprint density at radius 3 is 2.40 bits per heavy atom. The van der Waals surface area contributed by atoms with Gasteiger partial charge >= 0.3 is 12.1 Å². The number of hydrogen-bond donors (Lipinski definition) is 4. The summed E-state index contributed by atoms with van der Waals surface area (Å²) in [5.41, 5.74) is -0.555. The van der Waals surface area contributed by atoms with E-state index < -0.39 is 44.3 Å². The number of carbonyl (C=O) groups excluding carboxylic acids is 2. The number of para-hydroxylation sites is 1. The molecule has 0 bridgehead atoms. The van der Waals surface area contributed by atoms with E-state index in [0.717, 1.165) is 6.07 Å². The van der Waals surface area contributed by atoms with Gasteiger partial charge in [-0.2, -0.15) is 8.42 Å². The van der Waals surface area contributed by atoms with E-state index in [1.165, 1.54) is 28.8 Å². The molecule has 1 unspecified atom stereocenters. The molecule has 0 saturated heterocycles. The van der Waals surface area contributed by atoms with Gasteiger partial charge in [0.25, 0.3) is 15.7 Å². The van der Waals surface area contributed by atoms with Crippen molar-refractivity contribution in [1.82, 2.24) is 14.9 Å². The number of hydrogen-bond acceptors (Lipinski definition) is 7. The summed E-state index contributed by atoms with van der Waals surface area (Å²) in [6, 6.07) is 14.8. The molecule has 4 N–H and O–H groups in total. The molecule has 42 heavy (non-hydrogen) atoms. The van der Waals surface area contributed by atoms with Crippen LogP contribution in [0.3, 0.4) is 0 Å². The van der Waals surface area contributed by atoms with Gasteiger partial charge in [0, 0.05) is 5.69 Å². The second-order valence-electron chi connectivity index (χ2n) is 10.2. The van der Waals surface area contributed by atoms with Crippen LogP contribution in [-0.4, -0.2) is 40.2 Å². The molecular formula is C28H28ClN5O7S. The Balaban J connectivity index is 1.73. The van der Waals surface area contributed by atoms with E-state index in [-0.39, 0.29) is 27.6 Å². The van der Waals surface area contributed by atoms with Gasteiger partial charge in [-0.05, 0) is 70.2 Å². The van der Waals surface area contributed by atoms with E-state index in [1.807, 2.05) is 0 Å². The number of amides is 3. The minimum atomic E-state index is -4.59. The average molecular weight is 614 g/mol. The van der Waals surface area contributed by atoms with Crippen molar-refractivity contribution in [1.29, 1.82) is 0 Å². The minimum absolute atomic E-state index is 0.137. The number of rotatable bonds is 6. The fourth-order valence-corrected chi connectivity index (χ4v) is 5.00. The highest BCUT2D eigenvalue weighted by atomic mass is 35.5. The molecule has 0 aliphatic heterocycles. The van der Waals surface area contributed by atoms with Gasteiger partial charge in [-0.3, -0.25) is 13.9 Å². The van der Waals surface area contributed by atoms with Crippen LogP contribution >= 0.6 is 11.6 Å². The standard InChI is InChI=1S/C28H28ClN5O7S/c1-16(30-27(37)41-28(2,3)4)24-32-21-13-8-11-19(29)23(21)25(35)34(24)18-10-7-9-17(15-18)31-26(36)33-20-12-5-6-14-22(20)42(38,39)40/h5-16H,1-4H3,(H,30,37)(H2,31,33,36)(H,38,39,40). The zero-order chi connectivity index (χ0) is 30.8. The molecular weight excluding hydrogens is 586 g/mol. The van der Waals surface area contributed by atoms with Gasteiger partial charge < -0.3 is 20.7 Å². The number of benzene rings is 3. The summed E-state index contributed by atoms with van der Waals surface area (Å²) in [5.74, 6) is 0.171. The van der Waals surface area contributed by atoms with Crippen molar-refractivity contribution in [3.63, 3.8) is 0 Å². The highest BCUT2D eigenvalue weighted by molar-refractivity contribution is 7.86. The van der Waals surface area contributed by atoms with Crippen LogP contribution in [0.25, 0.3) is 16.6 Å². The van der Waals surface area contributed by atoms with Gasteiger partial charge in [-0.1, -0.05) is 35.9 Å². The molecule has 3 amide bonds. The van der Waals surface area contributed by atoms with Crippen LogP contribution in [0.2, 0.25) is 5.02 Å². The summed E-state index contributed by atoms with van der Waals surface area (Å²) in [5, 5.41) is 8.00. The molecule has 14 heteroatoms. The van der Waals surface area contributed by atoms with E-state index >= 15 is 0 Å². The maximum absolute atomic E-state index is 13.8. The average Bonchev–Trinajstić information content (AvgIpc) is 2.87. The Kier molecular flexibility index (Phi) is 8.57. The predicted molar refractivity (Wildman–Crippen MR) is 159 cm³/mol. The van der Waals surface area contributed by atoms with Crippen molar-refractivity contribution in [2.45, 2.75) is 44.2 Å². The third-order valence-electron chi connectivity index (χ3n) is 5.77. The Hall–Kier alpha value is -4.46. The molecule has 0 spiro atoms. The summed E-state index contributed by atoms with van der Waals surface area (Å²) in [6.45, 7) is 6.80. The predicted octanol–water partition coefficient (Wildman–Crippen LogP) is 5.52. The third-order valence-corrected chi connectivity index (χ3v) is 7.00. The summed E-state index contributed by atoms with van der Waals surface area (Å²) in [6.07, 6.45) is -0.709. The molecule has 12 nitrogen and oxygen atoms in total. The van der Waals surface area contributed by atoms with Gasteiger partial charge in [0.2, 0.25) is 0 Å². The normalized spacial score (nSPS) is 12.4. The number of carbonyl (C=O) groups is 2. The Morgan fingerprint density at radius 1 is 1.02 bits per heavy atom. The fourth-order valence-electron chi connectivity index (χ4n) is 4.10. The van der Waals surface area contributed by atoms with Crippen molar-refractivity contribution < 1.29 is 27.3 Å². The topological polar surface area (TPSA) is 169 Å². The number of ether oxygens (including phenoxy) is 1. The van der Waals surface area contributed by atoms with Crippen LogP contribution in [0.5, 0.6) is 0 Å². The lowest BCUT2D eigenvalue weighted by atomic mass is 10.2. The molecule has 1 atom stereocenters. The summed E-state index contributed by atoms with van der Waals surface area (Å²) < 4.78 is 39.4. The van der Waals surface area contributed by atoms with E-state index in [1.54, 1.807) is 64.1 Å². The third kappa shape index (κ3) is 7.05. The number of alkyl carbamates (subject to hydrolysis) is 1. The molecule has 0 aliphatic carbocycles. The fraction of sp³-hybridized carbons (Fsp3) is 0.214. The molecule has 0 radical (unpaired) electrons. The highest BCUT2D eigenvalue weighted by Crippen LogP contribution is 2.25. The van der Waals surface area contributed by atoms with Gasteiger partial charge in [0.15, 0.2) is 0 Å². The molecule has 1 heterocycles. The smallest absolute Gasteiger partial charge is 0.408 e. The van der Waals surface area contributed by atoms with Gasteiger partial charge in [-0.25, -0.2) is 14.6 Å². The maximum Gasteiger partial charge on any atom is 0.408 e. The highest BCUT2D eigenvalue weighted by Gasteiger charge is 2.24. The molecule has 4 aromatic rings. The second-order valence-corrected chi connectivity index (χ2v) is 12.0. The summed E-state index contributed by atoms with van der Waals surface area (Å²) >= 11 is 6.36. The zero-order valence-corrected chi connectivity index (χ0v) is 24.6. The number of halogens is 1. The number of nitrogens with zero attached hydrogens (tertiary/aromatic N) is 2. The Morgan fingerprint density at radius 2 is 1.71 bits per heavy atom. The first kappa shape index (κ1) is 30.5. The molecule has 3 aromatic carbocycles. The van der Waals surface area contributed by atoms with Gasteiger partial charge in [0.1, 0.15) is 16.3 Å². The lowest BCUT2D eigenvalue weighted by Gasteiger charge is -2.23. The molecule has 220 valence electrons. The first-order valence-corrected chi connectivity index (χ1v) is 14.4. The van der Waals surface area contributed by atoms with Crippen molar-refractivity contribution in [3.8, 4) is 5.69 Å². The Labute approximate surface area is 246 Å². The van der Waals surface area contributed by atoms with E-state index in [0.29, 0.717) is 11.2 Å². The Bertz CT molecular complexity index is 1850. The number of urea groups is 1. The van der Waals surface area contributed by atoms with Crippen LogP contribution in [0.15, 0.2) is 76.4 Å². The minimum Gasteiger partial charge on any atom is -0.444 e. The second kappa shape index (κ2) is 11.8. The van der Waals surface area contributed by atoms with Crippen molar-refractivity contribution in [3.05, 3.63) is 87.9 Å². The van der Waals surface area contributed by atoms with E-state index in [4.69, 9.17) is 16.3 Å². The van der Waals surface area contributed by atoms with Gasteiger partial charge in [0.05, 0.1) is 33.3 Å². The monoisotopic (exact) mass is 613 g/mol. The summed E-state index contributed by atoms with van der Waals surface area (Å²) in [4.78, 5) is 43.2. The lowest BCUT2D eigenvalue weighted by Crippen LogP contribution is -2.37. The maximum atomic E-state index is 13.8. The van der Waals surface area contributed by atoms with Crippen LogP contribution in [-0.2, 0) is 14.9 Å². The van der Waals surface area contributed by atoms with Crippen molar-refractivity contribution in [2.24, 2.45) is 0 Å². The van der Waals surface area contributed by atoms with E-state index in [2.05, 4.69) is 20.9 Å². The van der Waals surface area contributed by atoms with Crippen LogP contribution < -0.4 is 21.5 Å². The molecule has 0 saturated carbocycles. The van der Waals surface area contributed by atoms with Crippen molar-refractivity contribution >= 4 is 56.1 Å². The lowest BCUT2D eigenvalue weighted by molar-refractivity contribution is 0.0505. The van der Waals surface area contributed by atoms with E-state index in [9.17, 15) is 27.4 Å². The van der Waals surface area contributed by atoms with Crippen LogP contribution in [0, 0.1) is 0 Å². The molecule has 1 aromatic heterocycles. The number of fused-ring (bicyclic) bond motifs is 1. The summed E-state index contributed by atoms with van der Waals surface area (Å²) in [7, 11) is -4.59. The largest absolute Gasteiger partial charge is 0.444 e. The first-order chi connectivity index (χ1) is 19.6. The number of nitrogens with one attached hydrogen (secondary N) is 3. The van der Waals surface area contributed by atoms with Gasteiger partial charge in [-0.15, -0.1) is 0 Å². The SMILES string of the molecule is CC(NC(=O)OC(C)(C)C)c1nc2cccc(Cl)c2c(=O)n1-c1cccc(NC(=O)Nc2ccccc2S(=O)(=O)O)c1. The number of anilines is 2. The first-order valence-electron chi connectivity index (χ1n) is 12.6. The zero-order valence-electron chi connectivity index (χ0n) is 23.0. The molecule has 4 rings (SSSR count).